The van der Waals surface area contributed by atoms with Crippen LogP contribution in [0.5, 0.6) is 0 Å². The zero-order valence-electron chi connectivity index (χ0n) is 12.4. The number of carbonyl (C=O) groups is 1. The van der Waals surface area contributed by atoms with Gasteiger partial charge in [-0.25, -0.2) is 13.1 Å². The van der Waals surface area contributed by atoms with Crippen LogP contribution in [0.3, 0.4) is 0 Å². The quantitative estimate of drug-likeness (QED) is 0.774. The fourth-order valence-electron chi connectivity index (χ4n) is 1.93. The van der Waals surface area contributed by atoms with Gasteiger partial charge in [-0.3, -0.25) is 4.79 Å². The number of nitrogens with zero attached hydrogens (tertiary/aromatic N) is 2. The van der Waals surface area contributed by atoms with E-state index in [0.29, 0.717) is 10.7 Å². The number of aromatic nitrogens is 2. The summed E-state index contributed by atoms with van der Waals surface area (Å²) in [4.78, 5) is 12.0. The number of nitrogens with two attached hydrogens (primary N) is 1. The molecule has 0 aliphatic carbocycles. The van der Waals surface area contributed by atoms with Crippen molar-refractivity contribution in [3.05, 3.63) is 29.3 Å². The van der Waals surface area contributed by atoms with E-state index in [1.807, 2.05) is 0 Å². The molecule has 7 nitrogen and oxygen atoms in total. The van der Waals surface area contributed by atoms with Gasteiger partial charge >= 0.3 is 0 Å². The van der Waals surface area contributed by atoms with Gasteiger partial charge in [-0.2, -0.15) is 5.10 Å². The number of benzene rings is 1. The summed E-state index contributed by atoms with van der Waals surface area (Å²) in [6, 6.07) is 6.78. The molecule has 0 saturated heterocycles. The van der Waals surface area contributed by atoms with Crippen molar-refractivity contribution in [2.75, 3.05) is 23.6 Å². The minimum atomic E-state index is -3.54. The molecular weight excluding hydrogens is 360 g/mol. The molecule has 10 heteroatoms. The van der Waals surface area contributed by atoms with Gasteiger partial charge in [0, 0.05) is 6.26 Å². The fraction of sp³-hybridized carbons (Fsp3) is 0.231. The van der Waals surface area contributed by atoms with Crippen molar-refractivity contribution < 1.29 is 13.2 Å². The van der Waals surface area contributed by atoms with E-state index in [1.54, 1.807) is 30.5 Å². The first kappa shape index (κ1) is 17.6. The number of carbonyl (C=O) groups excluding carboxylic acids is 1. The second-order valence-corrected chi connectivity index (χ2v) is 7.84. The van der Waals surface area contributed by atoms with Gasteiger partial charge in [0.1, 0.15) is 22.3 Å². The summed E-state index contributed by atoms with van der Waals surface area (Å²) in [7, 11) is -3.54. The average molecular weight is 375 g/mol. The number of anilines is 2. The SMILES string of the molecule is CSc1nn(CC(=O)Nc2ccccc2Cl)c(N)c1S(C)(=O)=O. The minimum absolute atomic E-state index is 0.0597. The molecule has 0 aliphatic rings. The molecule has 0 spiro atoms. The van der Waals surface area contributed by atoms with Gasteiger partial charge in [0.2, 0.25) is 5.91 Å². The first-order valence-corrected chi connectivity index (χ1v) is 9.88. The molecule has 1 aromatic heterocycles. The Hall–Kier alpha value is -1.71. The maximum absolute atomic E-state index is 12.1. The Bertz CT molecular complexity index is 849. The number of nitrogen functional groups attached to an aromatic ring is 1. The Balaban J connectivity index is 2.26. The first-order valence-electron chi connectivity index (χ1n) is 6.38. The van der Waals surface area contributed by atoms with Crippen LogP contribution in [0.15, 0.2) is 34.2 Å². The van der Waals surface area contributed by atoms with E-state index in [9.17, 15) is 13.2 Å². The summed E-state index contributed by atoms with van der Waals surface area (Å²) in [6.07, 6.45) is 2.73. The molecular formula is C13H15ClN4O3S2. The lowest BCUT2D eigenvalue weighted by Gasteiger charge is -2.08. The molecule has 124 valence electrons. The highest BCUT2D eigenvalue weighted by Crippen LogP contribution is 2.29. The van der Waals surface area contributed by atoms with Crippen molar-refractivity contribution in [1.29, 1.82) is 0 Å². The lowest BCUT2D eigenvalue weighted by Crippen LogP contribution is -2.21. The molecule has 3 N–H and O–H groups in total. The van der Waals surface area contributed by atoms with Gasteiger partial charge in [0.15, 0.2) is 9.84 Å². The van der Waals surface area contributed by atoms with Crippen LogP contribution in [-0.2, 0) is 21.2 Å². The Morgan fingerprint density at radius 2 is 2.09 bits per heavy atom. The zero-order valence-corrected chi connectivity index (χ0v) is 14.8. The van der Waals surface area contributed by atoms with Crippen LogP contribution in [0, 0.1) is 0 Å². The van der Waals surface area contributed by atoms with E-state index in [1.165, 1.54) is 0 Å². The van der Waals surface area contributed by atoms with E-state index in [4.69, 9.17) is 17.3 Å². The number of hydrogen-bond donors (Lipinski definition) is 2. The van der Waals surface area contributed by atoms with Crippen LogP contribution in [0.25, 0.3) is 0 Å². The Morgan fingerprint density at radius 3 is 2.61 bits per heavy atom. The predicted octanol–water partition coefficient (Wildman–Crippen LogP) is 1.88. The zero-order chi connectivity index (χ0) is 17.2. The summed E-state index contributed by atoms with van der Waals surface area (Å²) in [5, 5.41) is 7.37. The van der Waals surface area contributed by atoms with Crippen molar-refractivity contribution in [3.8, 4) is 0 Å². The third-order valence-corrected chi connectivity index (χ3v) is 5.20. The van der Waals surface area contributed by atoms with Gasteiger partial charge in [-0.1, -0.05) is 23.7 Å². The number of hydrogen-bond acceptors (Lipinski definition) is 6. The molecule has 2 aromatic rings. The molecule has 0 saturated carbocycles. The standard InChI is InChI=1S/C13H15ClN4O3S2/c1-22-13-11(23(2,20)21)12(15)18(17-13)7-10(19)16-9-6-4-3-5-8(9)14/h3-6H,7,15H2,1-2H3,(H,16,19). The van der Waals surface area contributed by atoms with Crippen molar-refractivity contribution in [3.63, 3.8) is 0 Å². The van der Waals surface area contributed by atoms with Crippen molar-refractivity contribution >= 4 is 50.6 Å². The Labute approximate surface area is 143 Å². The van der Waals surface area contributed by atoms with Crippen LogP contribution in [0.4, 0.5) is 11.5 Å². The number of sulfone groups is 1. The molecule has 23 heavy (non-hydrogen) atoms. The lowest BCUT2D eigenvalue weighted by atomic mass is 10.3. The van der Waals surface area contributed by atoms with Crippen molar-refractivity contribution in [2.24, 2.45) is 0 Å². The molecule has 0 unspecified atom stereocenters. The summed E-state index contributed by atoms with van der Waals surface area (Å²) >= 11 is 7.12. The highest BCUT2D eigenvalue weighted by Gasteiger charge is 2.24. The normalized spacial score (nSPS) is 11.4. The van der Waals surface area contributed by atoms with Gasteiger partial charge in [-0.15, -0.1) is 11.8 Å². The van der Waals surface area contributed by atoms with E-state index in [2.05, 4.69) is 10.4 Å². The van der Waals surface area contributed by atoms with E-state index in [0.717, 1.165) is 22.7 Å². The second-order valence-electron chi connectivity index (χ2n) is 4.68. The van der Waals surface area contributed by atoms with Crippen LogP contribution in [0.2, 0.25) is 5.02 Å². The Kier molecular flexibility index (Phi) is 5.23. The monoisotopic (exact) mass is 374 g/mol. The van der Waals surface area contributed by atoms with Gasteiger partial charge in [0.05, 0.1) is 10.7 Å². The number of para-hydroxylation sites is 1. The number of thioether (sulfide) groups is 1. The molecule has 1 aromatic carbocycles. The summed E-state index contributed by atoms with van der Waals surface area (Å²) in [5.41, 5.74) is 6.30. The number of halogens is 1. The molecule has 0 radical (unpaired) electrons. The van der Waals surface area contributed by atoms with Crippen LogP contribution < -0.4 is 11.1 Å². The Morgan fingerprint density at radius 1 is 1.43 bits per heavy atom. The number of nitrogens with one attached hydrogen (secondary N) is 1. The van der Waals surface area contributed by atoms with Gasteiger partial charge in [0.25, 0.3) is 0 Å². The van der Waals surface area contributed by atoms with Crippen LogP contribution in [-0.4, -0.2) is 36.6 Å². The molecule has 1 heterocycles. The van der Waals surface area contributed by atoms with E-state index >= 15 is 0 Å². The number of amides is 1. The smallest absolute Gasteiger partial charge is 0.246 e. The maximum atomic E-state index is 12.1. The first-order chi connectivity index (χ1) is 10.7. The van der Waals surface area contributed by atoms with Crippen molar-refractivity contribution in [1.82, 2.24) is 9.78 Å². The largest absolute Gasteiger partial charge is 0.383 e. The highest BCUT2D eigenvalue weighted by molar-refractivity contribution is 7.99. The molecule has 0 aliphatic heterocycles. The number of rotatable bonds is 5. The molecule has 0 fully saturated rings. The third kappa shape index (κ3) is 3.98. The van der Waals surface area contributed by atoms with Gasteiger partial charge in [-0.05, 0) is 18.4 Å². The van der Waals surface area contributed by atoms with E-state index < -0.39 is 15.7 Å². The van der Waals surface area contributed by atoms with Crippen molar-refractivity contribution in [2.45, 2.75) is 16.5 Å². The highest BCUT2D eigenvalue weighted by atomic mass is 35.5. The van der Waals surface area contributed by atoms with Gasteiger partial charge < -0.3 is 11.1 Å². The summed E-state index contributed by atoms with van der Waals surface area (Å²) < 4.78 is 24.8. The second kappa shape index (κ2) is 6.81. The predicted molar refractivity (Wildman–Crippen MR) is 91.6 cm³/mol. The molecule has 2 rings (SSSR count). The average Bonchev–Trinajstić information content (AvgIpc) is 2.77. The van der Waals surface area contributed by atoms with E-state index in [-0.39, 0.29) is 22.3 Å². The molecule has 0 atom stereocenters. The third-order valence-electron chi connectivity index (χ3n) is 2.92. The maximum Gasteiger partial charge on any atom is 0.246 e. The minimum Gasteiger partial charge on any atom is -0.383 e. The molecule has 0 bridgehead atoms. The topological polar surface area (TPSA) is 107 Å². The summed E-state index contributed by atoms with van der Waals surface area (Å²) in [6.45, 7) is -0.222. The van der Waals surface area contributed by atoms with Crippen LogP contribution >= 0.6 is 23.4 Å². The molecule has 1 amide bonds. The lowest BCUT2D eigenvalue weighted by molar-refractivity contribution is -0.116. The fourth-order valence-corrected chi connectivity index (χ4v) is 4.13. The summed E-state index contributed by atoms with van der Waals surface area (Å²) in [5.74, 6) is -0.480. The van der Waals surface area contributed by atoms with Crippen LogP contribution in [0.1, 0.15) is 0 Å².